The van der Waals surface area contributed by atoms with Gasteiger partial charge in [-0.2, -0.15) is 0 Å². The summed E-state index contributed by atoms with van der Waals surface area (Å²) < 4.78 is 4.90. The lowest BCUT2D eigenvalue weighted by Crippen LogP contribution is -2.55. The van der Waals surface area contributed by atoms with Crippen molar-refractivity contribution in [1.29, 1.82) is 0 Å². The number of benzene rings is 3. The van der Waals surface area contributed by atoms with Gasteiger partial charge >= 0.3 is 5.97 Å². The number of anilines is 2. The zero-order valence-electron chi connectivity index (χ0n) is 25.8. The number of rotatable bonds is 9. The van der Waals surface area contributed by atoms with Gasteiger partial charge in [0.1, 0.15) is 0 Å². The number of piperazine rings is 1. The summed E-state index contributed by atoms with van der Waals surface area (Å²) in [6, 6.07) is 20.9. The third-order valence-electron chi connectivity index (χ3n) is 8.35. The molecule has 0 unspecified atom stereocenters. The minimum absolute atomic E-state index is 0.290. The first-order chi connectivity index (χ1) is 21.2. The average Bonchev–Trinajstić information content (AvgIpc) is 3.34. The Morgan fingerprint density at radius 2 is 1.66 bits per heavy atom. The van der Waals surface area contributed by atoms with E-state index in [0.717, 1.165) is 25.2 Å². The molecule has 0 aromatic heterocycles. The fourth-order valence-corrected chi connectivity index (χ4v) is 5.68. The number of likely N-dealkylation sites (N-methyl/N-ethyl adjacent to an activating group) is 1. The van der Waals surface area contributed by atoms with Gasteiger partial charge in [0.25, 0.3) is 11.8 Å². The smallest absolute Gasteiger partial charge is 0.338 e. The van der Waals surface area contributed by atoms with Crippen molar-refractivity contribution in [3.8, 4) is 0 Å². The van der Waals surface area contributed by atoms with Crippen LogP contribution in [0.1, 0.15) is 51.3 Å². The summed E-state index contributed by atoms with van der Waals surface area (Å²) in [6.45, 7) is 9.31. The lowest BCUT2D eigenvalue weighted by molar-refractivity contribution is -0.110. The quantitative estimate of drug-likeness (QED) is 0.144. The summed E-state index contributed by atoms with van der Waals surface area (Å²) in [5.74, 6) is -1.09. The summed E-state index contributed by atoms with van der Waals surface area (Å²) in [7, 11) is 3.48. The van der Waals surface area contributed by atoms with E-state index in [9.17, 15) is 14.4 Å². The molecule has 10 heteroatoms. The molecule has 3 aromatic rings. The highest BCUT2D eigenvalue weighted by Gasteiger charge is 2.30. The van der Waals surface area contributed by atoms with E-state index in [2.05, 4.69) is 46.8 Å². The second-order valence-corrected chi connectivity index (χ2v) is 11.4. The van der Waals surface area contributed by atoms with E-state index in [0.29, 0.717) is 63.6 Å². The van der Waals surface area contributed by atoms with Crippen LogP contribution < -0.4 is 16.1 Å². The van der Waals surface area contributed by atoms with Gasteiger partial charge in [0, 0.05) is 48.5 Å². The first-order valence-electron chi connectivity index (χ1n) is 14.7. The number of ether oxygens (including phenoxy) is 1. The van der Waals surface area contributed by atoms with E-state index in [-0.39, 0.29) is 11.8 Å². The molecule has 2 heterocycles. The lowest BCUT2D eigenvalue weighted by atomic mass is 9.96. The van der Waals surface area contributed by atoms with Gasteiger partial charge in [0.15, 0.2) is 0 Å². The lowest BCUT2D eigenvalue weighted by Gasteiger charge is -2.42. The molecule has 2 atom stereocenters. The van der Waals surface area contributed by atoms with E-state index in [4.69, 9.17) is 9.57 Å². The summed E-state index contributed by atoms with van der Waals surface area (Å²) >= 11 is 0. The third-order valence-corrected chi connectivity index (χ3v) is 8.35. The number of hydrogen-bond donors (Lipinski definition) is 3. The van der Waals surface area contributed by atoms with Crippen LogP contribution in [0.25, 0.3) is 11.3 Å². The molecule has 0 radical (unpaired) electrons. The van der Waals surface area contributed by atoms with Crippen LogP contribution in [0.5, 0.6) is 0 Å². The van der Waals surface area contributed by atoms with Crippen LogP contribution in [0.4, 0.5) is 11.4 Å². The van der Waals surface area contributed by atoms with Gasteiger partial charge in [-0.15, -0.1) is 0 Å². The van der Waals surface area contributed by atoms with Crippen LogP contribution in [-0.2, 0) is 14.4 Å². The van der Waals surface area contributed by atoms with Crippen LogP contribution >= 0.6 is 0 Å². The predicted molar refractivity (Wildman–Crippen MR) is 171 cm³/mol. The molecule has 0 bridgehead atoms. The molecule has 0 aliphatic carbocycles. The predicted octanol–water partition coefficient (Wildman–Crippen LogP) is 4.40. The molecule has 3 N–H and O–H groups in total. The number of fused-ring (bicyclic) bond motifs is 1. The normalized spacial score (nSPS) is 19.6. The number of hydroxylamine groups is 1. The summed E-state index contributed by atoms with van der Waals surface area (Å²) in [4.78, 5) is 48.5. The first kappa shape index (κ1) is 30.9. The molecule has 2 amide bonds. The summed E-state index contributed by atoms with van der Waals surface area (Å²) in [5.41, 5.74) is 7.84. The van der Waals surface area contributed by atoms with Crippen LogP contribution in [0.2, 0.25) is 0 Å². The van der Waals surface area contributed by atoms with Crippen molar-refractivity contribution < 1.29 is 24.0 Å². The summed E-state index contributed by atoms with van der Waals surface area (Å²) in [5, 5.41) is 6.29. The fraction of sp³-hybridized carbons (Fsp3) is 0.324. The molecule has 2 aliphatic heterocycles. The Balaban J connectivity index is 1.30. The zero-order valence-corrected chi connectivity index (χ0v) is 25.8. The molecule has 0 saturated carbocycles. The number of carbonyl (C=O) groups is 3. The maximum Gasteiger partial charge on any atom is 0.338 e. The number of nitrogens with zero attached hydrogens (tertiary/aromatic N) is 2. The Kier molecular flexibility index (Phi) is 9.43. The highest BCUT2D eigenvalue weighted by atomic mass is 16.7. The van der Waals surface area contributed by atoms with Crippen molar-refractivity contribution in [2.24, 2.45) is 0 Å². The Morgan fingerprint density at radius 3 is 2.32 bits per heavy atom. The van der Waals surface area contributed by atoms with Crippen molar-refractivity contribution in [2.75, 3.05) is 51.0 Å². The Morgan fingerprint density at radius 1 is 0.977 bits per heavy atom. The largest absolute Gasteiger partial charge is 0.465 e. The van der Waals surface area contributed by atoms with Gasteiger partial charge in [-0.3, -0.25) is 24.2 Å². The zero-order chi connectivity index (χ0) is 31.4. The van der Waals surface area contributed by atoms with Crippen molar-refractivity contribution >= 4 is 40.4 Å². The Labute approximate surface area is 258 Å². The second kappa shape index (κ2) is 13.4. The number of aryl methyl sites for hydroxylation is 1. The van der Waals surface area contributed by atoms with E-state index in [1.807, 2.05) is 43.3 Å². The number of methoxy groups -OCH3 is 1. The maximum atomic E-state index is 13.3. The van der Waals surface area contributed by atoms with Gasteiger partial charge in [-0.05, 0) is 75.3 Å². The number of amides is 2. The van der Waals surface area contributed by atoms with Crippen molar-refractivity contribution in [1.82, 2.24) is 15.3 Å². The van der Waals surface area contributed by atoms with Gasteiger partial charge in [-0.1, -0.05) is 30.3 Å². The Bertz CT molecular complexity index is 1560. The van der Waals surface area contributed by atoms with E-state index >= 15 is 0 Å². The topological polar surface area (TPSA) is 112 Å². The van der Waals surface area contributed by atoms with Crippen molar-refractivity contribution in [3.05, 3.63) is 94.5 Å². The van der Waals surface area contributed by atoms with Crippen molar-refractivity contribution in [2.45, 2.75) is 32.9 Å². The van der Waals surface area contributed by atoms with Crippen LogP contribution in [0.3, 0.4) is 0 Å². The first-order valence-corrected chi connectivity index (χ1v) is 14.7. The molecule has 44 heavy (non-hydrogen) atoms. The van der Waals surface area contributed by atoms with Crippen LogP contribution in [0.15, 0.2) is 66.7 Å². The monoisotopic (exact) mass is 597 g/mol. The van der Waals surface area contributed by atoms with Crippen LogP contribution in [0, 0.1) is 6.92 Å². The maximum absolute atomic E-state index is 13.3. The summed E-state index contributed by atoms with van der Waals surface area (Å²) in [6.07, 6.45) is 0. The van der Waals surface area contributed by atoms with E-state index in [1.165, 1.54) is 7.11 Å². The third kappa shape index (κ3) is 6.67. The molecule has 230 valence electrons. The fourth-order valence-electron chi connectivity index (χ4n) is 5.68. The highest BCUT2D eigenvalue weighted by molar-refractivity contribution is 6.37. The molecule has 3 aromatic carbocycles. The number of esters is 1. The second-order valence-electron chi connectivity index (χ2n) is 11.4. The van der Waals surface area contributed by atoms with E-state index in [1.54, 1.807) is 30.3 Å². The van der Waals surface area contributed by atoms with E-state index < -0.39 is 5.97 Å². The van der Waals surface area contributed by atoms with Crippen molar-refractivity contribution in [3.63, 3.8) is 0 Å². The standard InChI is InChI=1S/C34H39N5O5/c1-21-17-28-29(18-27(21)34(42)43-5)36-33(41)30(28)31(24-9-7-6-8-10-24)35-26-13-11-25(12-14-26)32(40)37-44-16-15-39-19-22(2)38(4)23(3)20-39/h6-14,17-18,22-23,35H,15-16,19-20H2,1-5H3,(H,36,41)(H,37,40)/t22-,23+. The molecule has 2 aliphatic rings. The molecule has 5 rings (SSSR count). The highest BCUT2D eigenvalue weighted by Crippen LogP contribution is 2.39. The number of hydrogen-bond acceptors (Lipinski definition) is 8. The molecule has 1 fully saturated rings. The molecule has 10 nitrogen and oxygen atoms in total. The minimum atomic E-state index is -0.466. The SMILES string of the molecule is COC(=O)c1cc2c(cc1C)C(=C(Nc1ccc(C(=O)NOCCN3C[C@@H](C)N(C)[C@@H](C)C3)cc1)c1ccccc1)C(=O)N2. The molecular formula is C34H39N5O5. The van der Waals surface area contributed by atoms with Crippen LogP contribution in [-0.4, -0.2) is 80.1 Å². The average molecular weight is 598 g/mol. The Hall–Kier alpha value is -4.51. The van der Waals surface area contributed by atoms with Gasteiger partial charge < -0.3 is 15.4 Å². The van der Waals surface area contributed by atoms with Gasteiger partial charge in [-0.25, -0.2) is 10.3 Å². The minimum Gasteiger partial charge on any atom is -0.465 e. The molecular weight excluding hydrogens is 558 g/mol. The van der Waals surface area contributed by atoms with Gasteiger partial charge in [0.2, 0.25) is 0 Å². The number of carbonyl (C=O) groups excluding carboxylic acids is 3. The number of nitrogens with one attached hydrogen (secondary N) is 3. The van der Waals surface area contributed by atoms with Gasteiger partial charge in [0.05, 0.1) is 36.2 Å². The molecule has 0 spiro atoms. The molecule has 1 saturated heterocycles.